The molecule has 0 spiro atoms. The number of alkyl halides is 5. The Bertz CT molecular complexity index is 759. The van der Waals surface area contributed by atoms with Crippen molar-refractivity contribution in [2.75, 3.05) is 12.4 Å². The van der Waals surface area contributed by atoms with Crippen molar-refractivity contribution in [2.45, 2.75) is 23.9 Å². The second kappa shape index (κ2) is 6.79. The Balaban J connectivity index is 2.44. The van der Waals surface area contributed by atoms with Gasteiger partial charge in [-0.25, -0.2) is 4.79 Å². The lowest BCUT2D eigenvalue weighted by Crippen LogP contribution is -2.38. The van der Waals surface area contributed by atoms with E-state index in [0.29, 0.717) is 5.52 Å². The molecule has 24 heavy (non-hydrogen) atoms. The molecule has 3 nitrogen and oxygen atoms in total. The number of ether oxygens (including phenoxy) is 1. The number of carbonyl (C=O) groups excluding carboxylic acids is 1. The highest BCUT2D eigenvalue weighted by Gasteiger charge is 2.57. The number of benzene rings is 1. The zero-order valence-electron chi connectivity index (χ0n) is 12.1. The van der Waals surface area contributed by atoms with Gasteiger partial charge in [0.25, 0.3) is 0 Å². The molecular formula is C14H11ClF5NO2S. The highest BCUT2D eigenvalue weighted by atomic mass is 35.5. The van der Waals surface area contributed by atoms with Crippen LogP contribution in [0.1, 0.15) is 17.4 Å². The van der Waals surface area contributed by atoms with Crippen LogP contribution >= 0.6 is 23.4 Å². The minimum absolute atomic E-state index is 0.0256. The minimum atomic E-state index is -5.67. The standard InChI is InChI=1S/C14H11ClF5NO2S/c1-2-23-12(22)10-11(24-6-13(16,17)14(18,19)20)8-5-7(15)3-4-9(8)21-10/h3-5,21H,2,6H2,1H3. The Kier molecular flexibility index (Phi) is 5.34. The van der Waals surface area contributed by atoms with E-state index in [1.807, 2.05) is 0 Å². The number of carbonyl (C=O) groups is 1. The third-order valence-electron chi connectivity index (χ3n) is 3.01. The maximum atomic E-state index is 13.2. The topological polar surface area (TPSA) is 42.1 Å². The summed E-state index contributed by atoms with van der Waals surface area (Å²) in [5.41, 5.74) is 0.192. The van der Waals surface area contributed by atoms with E-state index < -0.39 is 23.8 Å². The van der Waals surface area contributed by atoms with Crippen LogP contribution < -0.4 is 0 Å². The average molecular weight is 388 g/mol. The van der Waals surface area contributed by atoms with Gasteiger partial charge < -0.3 is 9.72 Å². The van der Waals surface area contributed by atoms with Crippen molar-refractivity contribution in [1.29, 1.82) is 0 Å². The van der Waals surface area contributed by atoms with E-state index in [4.69, 9.17) is 16.3 Å². The van der Waals surface area contributed by atoms with Gasteiger partial charge in [0.2, 0.25) is 0 Å². The minimum Gasteiger partial charge on any atom is -0.461 e. The molecule has 1 heterocycles. The van der Waals surface area contributed by atoms with Gasteiger partial charge in [0.1, 0.15) is 5.69 Å². The van der Waals surface area contributed by atoms with Crippen molar-refractivity contribution in [3.8, 4) is 0 Å². The summed E-state index contributed by atoms with van der Waals surface area (Å²) in [7, 11) is 0. The van der Waals surface area contributed by atoms with Crippen LogP contribution in [0.25, 0.3) is 10.9 Å². The Morgan fingerprint density at radius 1 is 1.29 bits per heavy atom. The number of rotatable bonds is 5. The summed E-state index contributed by atoms with van der Waals surface area (Å²) >= 11 is 6.06. The van der Waals surface area contributed by atoms with Crippen molar-refractivity contribution in [3.63, 3.8) is 0 Å². The first kappa shape index (κ1) is 18.9. The van der Waals surface area contributed by atoms with Gasteiger partial charge in [-0.1, -0.05) is 11.6 Å². The van der Waals surface area contributed by atoms with E-state index in [1.165, 1.54) is 18.2 Å². The van der Waals surface area contributed by atoms with Crippen LogP contribution in [0.4, 0.5) is 22.0 Å². The Labute approximate surface area is 142 Å². The molecule has 2 aromatic rings. The maximum absolute atomic E-state index is 13.2. The van der Waals surface area contributed by atoms with Crippen LogP contribution in [0.2, 0.25) is 5.02 Å². The predicted molar refractivity (Wildman–Crippen MR) is 81.0 cm³/mol. The number of hydrogen-bond acceptors (Lipinski definition) is 3. The molecule has 1 aromatic heterocycles. The highest BCUT2D eigenvalue weighted by molar-refractivity contribution is 7.99. The number of aromatic nitrogens is 1. The van der Waals surface area contributed by atoms with E-state index in [9.17, 15) is 26.7 Å². The molecule has 0 saturated carbocycles. The first-order chi connectivity index (χ1) is 11.1. The van der Waals surface area contributed by atoms with E-state index in [0.717, 1.165) is 0 Å². The van der Waals surface area contributed by atoms with Crippen LogP contribution in [0.3, 0.4) is 0 Å². The van der Waals surface area contributed by atoms with Crippen LogP contribution in [0, 0.1) is 0 Å². The first-order valence-electron chi connectivity index (χ1n) is 6.62. The molecule has 0 radical (unpaired) electrons. The first-order valence-corrected chi connectivity index (χ1v) is 7.99. The Hall–Kier alpha value is -1.48. The average Bonchev–Trinajstić information content (AvgIpc) is 2.82. The lowest BCUT2D eigenvalue weighted by atomic mass is 10.2. The van der Waals surface area contributed by atoms with Gasteiger partial charge in [-0.15, -0.1) is 11.8 Å². The van der Waals surface area contributed by atoms with Gasteiger partial charge in [0.05, 0.1) is 12.4 Å². The third-order valence-corrected chi connectivity index (χ3v) is 4.46. The molecule has 0 aliphatic heterocycles. The Morgan fingerprint density at radius 2 is 1.96 bits per heavy atom. The molecule has 1 N–H and O–H groups in total. The normalized spacial score (nSPS) is 12.6. The molecule has 0 fully saturated rings. The number of nitrogens with one attached hydrogen (secondary N) is 1. The number of thioether (sulfide) groups is 1. The fraction of sp³-hybridized carbons (Fsp3) is 0.357. The van der Waals surface area contributed by atoms with Gasteiger partial charge >= 0.3 is 18.1 Å². The van der Waals surface area contributed by atoms with E-state index in [2.05, 4.69) is 4.98 Å². The largest absolute Gasteiger partial charge is 0.461 e. The van der Waals surface area contributed by atoms with Crippen molar-refractivity contribution in [2.24, 2.45) is 0 Å². The molecule has 0 amide bonds. The molecule has 0 bridgehead atoms. The number of esters is 1. The number of aromatic amines is 1. The summed E-state index contributed by atoms with van der Waals surface area (Å²) in [6.07, 6.45) is -5.67. The highest BCUT2D eigenvalue weighted by Crippen LogP contribution is 2.42. The molecule has 0 unspecified atom stereocenters. The van der Waals surface area contributed by atoms with Crippen molar-refractivity contribution < 1.29 is 31.5 Å². The number of H-pyrrole nitrogens is 1. The SMILES string of the molecule is CCOC(=O)c1[nH]c2ccc(Cl)cc2c1SCC(F)(F)C(F)(F)F. The zero-order chi connectivity index (χ0) is 18.1. The molecule has 132 valence electrons. The summed E-state index contributed by atoms with van der Waals surface area (Å²) in [6, 6.07) is 4.37. The van der Waals surface area contributed by atoms with Crippen LogP contribution in [-0.4, -0.2) is 35.4 Å². The van der Waals surface area contributed by atoms with E-state index in [1.54, 1.807) is 6.92 Å². The van der Waals surface area contributed by atoms with Gasteiger partial charge in [-0.05, 0) is 25.1 Å². The van der Waals surface area contributed by atoms with E-state index >= 15 is 0 Å². The second-order valence-electron chi connectivity index (χ2n) is 4.73. The van der Waals surface area contributed by atoms with Crippen LogP contribution in [0.15, 0.2) is 23.1 Å². The van der Waals surface area contributed by atoms with Crippen molar-refractivity contribution in [3.05, 3.63) is 28.9 Å². The van der Waals surface area contributed by atoms with Gasteiger partial charge in [-0.3, -0.25) is 0 Å². The quantitative estimate of drug-likeness (QED) is 0.431. The van der Waals surface area contributed by atoms with Gasteiger partial charge in [-0.2, -0.15) is 22.0 Å². The predicted octanol–water partition coefficient (Wildman–Crippen LogP) is 5.29. The number of fused-ring (bicyclic) bond motifs is 1. The molecule has 1 aromatic carbocycles. The van der Waals surface area contributed by atoms with Crippen LogP contribution in [-0.2, 0) is 4.74 Å². The molecule has 0 aliphatic rings. The fourth-order valence-corrected chi connectivity index (χ4v) is 3.15. The molecule has 10 heteroatoms. The number of hydrogen-bond donors (Lipinski definition) is 1. The molecular weight excluding hydrogens is 377 g/mol. The summed E-state index contributed by atoms with van der Waals surface area (Å²) in [5, 5.41) is 0.523. The summed E-state index contributed by atoms with van der Waals surface area (Å²) in [6.45, 7) is 1.57. The summed E-state index contributed by atoms with van der Waals surface area (Å²) in [5.74, 6) is -7.31. The lowest BCUT2D eigenvalue weighted by molar-refractivity contribution is -0.271. The third kappa shape index (κ3) is 3.77. The smallest absolute Gasteiger partial charge is 0.454 e. The molecule has 0 saturated heterocycles. The molecule has 0 atom stereocenters. The molecule has 2 rings (SSSR count). The van der Waals surface area contributed by atoms with E-state index in [-0.39, 0.29) is 39.4 Å². The number of halogens is 6. The fourth-order valence-electron chi connectivity index (χ4n) is 1.88. The monoisotopic (exact) mass is 387 g/mol. The maximum Gasteiger partial charge on any atom is 0.454 e. The lowest BCUT2D eigenvalue weighted by Gasteiger charge is -2.19. The van der Waals surface area contributed by atoms with Crippen LogP contribution in [0.5, 0.6) is 0 Å². The van der Waals surface area contributed by atoms with Gasteiger partial charge in [0.15, 0.2) is 0 Å². The summed E-state index contributed by atoms with van der Waals surface area (Å²) < 4.78 is 68.2. The van der Waals surface area contributed by atoms with Gasteiger partial charge in [0, 0.05) is 20.8 Å². The van der Waals surface area contributed by atoms with Crippen molar-refractivity contribution >= 4 is 40.2 Å². The zero-order valence-corrected chi connectivity index (χ0v) is 13.7. The second-order valence-corrected chi connectivity index (χ2v) is 6.15. The van der Waals surface area contributed by atoms with Crippen molar-refractivity contribution in [1.82, 2.24) is 4.98 Å². The summed E-state index contributed by atoms with van der Waals surface area (Å²) in [4.78, 5) is 14.5. The molecule has 0 aliphatic carbocycles. The Morgan fingerprint density at radius 3 is 2.54 bits per heavy atom.